The number of nitrogens with two attached hydrogens (primary N) is 1. The van der Waals surface area contributed by atoms with Gasteiger partial charge in [0.05, 0.1) is 11.3 Å². The highest BCUT2D eigenvalue weighted by molar-refractivity contribution is 6.04. The first-order valence-corrected chi connectivity index (χ1v) is 4.66. The van der Waals surface area contributed by atoms with Crippen LogP contribution in [0, 0.1) is 6.92 Å². The normalized spacial score (nSPS) is 10.6. The lowest BCUT2D eigenvalue weighted by Crippen LogP contribution is -2.31. The summed E-state index contributed by atoms with van der Waals surface area (Å²) in [6, 6.07) is 6.53. The number of nitrogens with zero attached hydrogens (tertiary/aromatic N) is 1. The lowest BCUT2D eigenvalue weighted by Gasteiger charge is -2.10. The van der Waals surface area contributed by atoms with Gasteiger partial charge in [0.2, 0.25) is 0 Å². The van der Waals surface area contributed by atoms with Crippen molar-refractivity contribution in [1.29, 1.82) is 0 Å². The molecule has 0 aliphatic carbocycles. The Hall–Kier alpha value is -2.30. The summed E-state index contributed by atoms with van der Waals surface area (Å²) < 4.78 is 0.867. The van der Waals surface area contributed by atoms with E-state index in [4.69, 9.17) is 10.9 Å². The molecule has 5 heteroatoms. The molecule has 0 bridgehead atoms. The highest BCUT2D eigenvalue weighted by Crippen LogP contribution is 2.18. The van der Waals surface area contributed by atoms with Crippen LogP contribution < -0.4 is 11.4 Å². The second-order valence-electron chi connectivity index (χ2n) is 3.49. The molecule has 2 rings (SSSR count). The van der Waals surface area contributed by atoms with Gasteiger partial charge in [-0.25, -0.2) is 9.47 Å². The number of hydrogen-bond acceptors (Lipinski definition) is 3. The maximum Gasteiger partial charge on any atom is 0.338 e. The molecule has 0 unspecified atom stereocenters. The molecule has 82 valence electrons. The van der Waals surface area contributed by atoms with Crippen molar-refractivity contribution in [3.63, 3.8) is 0 Å². The molecule has 0 spiro atoms. The minimum Gasteiger partial charge on any atom is -0.478 e. The zero-order chi connectivity index (χ0) is 11.9. The molecule has 0 radical (unpaired) electrons. The zero-order valence-corrected chi connectivity index (χ0v) is 8.60. The first-order valence-electron chi connectivity index (χ1n) is 4.66. The van der Waals surface area contributed by atoms with Crippen molar-refractivity contribution < 1.29 is 9.90 Å². The van der Waals surface area contributed by atoms with E-state index in [1.165, 1.54) is 6.92 Å². The number of aromatic carboxylic acids is 1. The largest absolute Gasteiger partial charge is 0.478 e. The molecule has 1 heterocycles. The minimum atomic E-state index is -1.09. The Morgan fingerprint density at radius 2 is 1.88 bits per heavy atom. The van der Waals surface area contributed by atoms with Gasteiger partial charge in [0.1, 0.15) is 0 Å². The number of carboxylic acids is 1. The number of carboxylic acid groups (broad SMARTS) is 1. The molecule has 1 aromatic heterocycles. The van der Waals surface area contributed by atoms with Crippen LogP contribution in [0.25, 0.3) is 10.8 Å². The SMILES string of the molecule is Cc1c(C(=O)O)c2ccccc2c(=O)n1N. The molecule has 3 N–H and O–H groups in total. The number of fused-ring (bicyclic) bond motifs is 1. The smallest absolute Gasteiger partial charge is 0.338 e. The quantitative estimate of drug-likeness (QED) is 0.690. The summed E-state index contributed by atoms with van der Waals surface area (Å²) in [5, 5.41) is 9.84. The van der Waals surface area contributed by atoms with Gasteiger partial charge in [-0.3, -0.25) is 4.79 Å². The fourth-order valence-electron chi connectivity index (χ4n) is 1.76. The third-order valence-electron chi connectivity index (χ3n) is 2.58. The molecule has 0 aliphatic heterocycles. The predicted octanol–water partition coefficient (Wildman–Crippen LogP) is 0.722. The monoisotopic (exact) mass is 218 g/mol. The van der Waals surface area contributed by atoms with E-state index in [1.807, 2.05) is 0 Å². The van der Waals surface area contributed by atoms with Crippen LogP contribution in [0.4, 0.5) is 0 Å². The van der Waals surface area contributed by atoms with Gasteiger partial charge < -0.3 is 10.9 Å². The number of carbonyl (C=O) groups is 1. The molecular formula is C11H10N2O3. The predicted molar refractivity (Wildman–Crippen MR) is 60.1 cm³/mol. The first kappa shape index (κ1) is 10.2. The molecule has 0 fully saturated rings. The summed E-state index contributed by atoms with van der Waals surface area (Å²) in [5.74, 6) is 4.44. The molecule has 0 saturated heterocycles. The Balaban J connectivity index is 3.10. The van der Waals surface area contributed by atoms with Gasteiger partial charge in [0.15, 0.2) is 0 Å². The Morgan fingerprint density at radius 1 is 1.31 bits per heavy atom. The van der Waals surface area contributed by atoms with Crippen LogP contribution in [0.15, 0.2) is 29.1 Å². The van der Waals surface area contributed by atoms with Gasteiger partial charge in [0, 0.05) is 10.8 Å². The highest BCUT2D eigenvalue weighted by Gasteiger charge is 2.16. The van der Waals surface area contributed by atoms with Crippen LogP contribution in [0.1, 0.15) is 16.1 Å². The van der Waals surface area contributed by atoms with Crippen LogP contribution in [0.2, 0.25) is 0 Å². The van der Waals surface area contributed by atoms with Crippen LogP contribution in [0.5, 0.6) is 0 Å². The lowest BCUT2D eigenvalue weighted by molar-refractivity contribution is 0.0697. The van der Waals surface area contributed by atoms with Crippen molar-refractivity contribution in [1.82, 2.24) is 4.68 Å². The van der Waals surface area contributed by atoms with Crippen molar-refractivity contribution in [3.8, 4) is 0 Å². The van der Waals surface area contributed by atoms with Crippen molar-refractivity contribution >= 4 is 16.7 Å². The molecular weight excluding hydrogens is 208 g/mol. The van der Waals surface area contributed by atoms with Crippen LogP contribution >= 0.6 is 0 Å². The van der Waals surface area contributed by atoms with Gasteiger partial charge >= 0.3 is 5.97 Å². The number of hydrogen-bond donors (Lipinski definition) is 2. The molecule has 0 amide bonds. The van der Waals surface area contributed by atoms with E-state index in [0.717, 1.165) is 4.68 Å². The summed E-state index contributed by atoms with van der Waals surface area (Å²) in [7, 11) is 0. The van der Waals surface area contributed by atoms with Crippen LogP contribution in [-0.2, 0) is 0 Å². The number of nitrogen functional groups attached to an aromatic ring is 1. The maximum absolute atomic E-state index is 11.8. The maximum atomic E-state index is 11.8. The van der Waals surface area contributed by atoms with Gasteiger partial charge in [-0.05, 0) is 13.0 Å². The van der Waals surface area contributed by atoms with Crippen molar-refractivity contribution in [3.05, 3.63) is 45.9 Å². The van der Waals surface area contributed by atoms with Crippen molar-refractivity contribution in [2.24, 2.45) is 0 Å². The number of benzene rings is 1. The highest BCUT2D eigenvalue weighted by atomic mass is 16.4. The Labute approximate surface area is 90.7 Å². The second-order valence-corrected chi connectivity index (χ2v) is 3.49. The van der Waals surface area contributed by atoms with Crippen LogP contribution in [-0.4, -0.2) is 15.8 Å². The van der Waals surface area contributed by atoms with Gasteiger partial charge in [-0.1, -0.05) is 18.2 Å². The van der Waals surface area contributed by atoms with E-state index in [9.17, 15) is 9.59 Å². The van der Waals surface area contributed by atoms with Gasteiger partial charge in [0.25, 0.3) is 5.56 Å². The molecule has 16 heavy (non-hydrogen) atoms. The summed E-state index contributed by atoms with van der Waals surface area (Å²) >= 11 is 0. The molecule has 0 aliphatic rings. The molecule has 0 atom stereocenters. The Morgan fingerprint density at radius 3 is 2.44 bits per heavy atom. The summed E-state index contributed by atoms with van der Waals surface area (Å²) in [5.41, 5.74) is -0.0769. The third kappa shape index (κ3) is 1.25. The summed E-state index contributed by atoms with van der Waals surface area (Å²) in [6.07, 6.45) is 0. The summed E-state index contributed by atoms with van der Waals surface area (Å²) in [4.78, 5) is 22.9. The number of pyridine rings is 1. The molecule has 1 aromatic carbocycles. The minimum absolute atomic E-state index is 0.0673. The third-order valence-corrected chi connectivity index (χ3v) is 2.58. The number of rotatable bonds is 1. The van der Waals surface area contributed by atoms with Crippen molar-refractivity contribution in [2.45, 2.75) is 6.92 Å². The standard InChI is InChI=1S/C11H10N2O3/c1-6-9(11(15)16)7-4-2-3-5-8(7)10(14)13(6)12/h2-5H,12H2,1H3,(H,15,16). The van der Waals surface area contributed by atoms with Gasteiger partial charge in [-0.15, -0.1) is 0 Å². The van der Waals surface area contributed by atoms with Crippen LogP contribution in [0.3, 0.4) is 0 Å². The van der Waals surface area contributed by atoms with E-state index in [0.29, 0.717) is 10.8 Å². The molecule has 5 nitrogen and oxygen atoms in total. The van der Waals surface area contributed by atoms with E-state index >= 15 is 0 Å². The van der Waals surface area contributed by atoms with Crippen molar-refractivity contribution in [2.75, 3.05) is 5.84 Å². The fraction of sp³-hybridized carbons (Fsp3) is 0.0909. The Kier molecular flexibility index (Phi) is 2.16. The van der Waals surface area contributed by atoms with Gasteiger partial charge in [-0.2, -0.15) is 0 Å². The fourth-order valence-corrected chi connectivity index (χ4v) is 1.76. The topological polar surface area (TPSA) is 85.3 Å². The van der Waals surface area contributed by atoms with E-state index in [-0.39, 0.29) is 11.3 Å². The first-order chi connectivity index (χ1) is 7.54. The second kappa shape index (κ2) is 3.37. The average molecular weight is 218 g/mol. The van der Waals surface area contributed by atoms with E-state index < -0.39 is 11.5 Å². The average Bonchev–Trinajstić information content (AvgIpc) is 2.26. The van der Waals surface area contributed by atoms with E-state index in [2.05, 4.69) is 0 Å². The summed E-state index contributed by atoms with van der Waals surface area (Å²) in [6.45, 7) is 1.51. The van der Waals surface area contributed by atoms with E-state index in [1.54, 1.807) is 24.3 Å². The molecule has 0 saturated carbocycles. The number of aromatic nitrogens is 1. The lowest BCUT2D eigenvalue weighted by atomic mass is 10.0. The zero-order valence-electron chi connectivity index (χ0n) is 8.60. The Bertz CT molecular complexity index is 643. The molecule has 2 aromatic rings.